The van der Waals surface area contributed by atoms with Crippen LogP contribution in [-0.4, -0.2) is 87.0 Å². The Labute approximate surface area is 251 Å². The molecule has 0 saturated carbocycles. The van der Waals surface area contributed by atoms with Crippen molar-refractivity contribution in [2.75, 3.05) is 69.7 Å². The highest BCUT2D eigenvalue weighted by molar-refractivity contribution is 6.07. The number of anilines is 2. The summed E-state index contributed by atoms with van der Waals surface area (Å²) in [7, 11) is 1.61. The van der Waals surface area contributed by atoms with Crippen LogP contribution in [0, 0.1) is 5.82 Å². The van der Waals surface area contributed by atoms with Gasteiger partial charge in [-0.1, -0.05) is 12.1 Å². The number of hydrogen-bond acceptors (Lipinski definition) is 6. The summed E-state index contributed by atoms with van der Waals surface area (Å²) in [5.74, 6) is -0.0908. The third-order valence-corrected chi connectivity index (χ3v) is 7.93. The fraction of sp³-hybridized carbons (Fsp3) is 0.364. The van der Waals surface area contributed by atoms with Crippen LogP contribution in [0.3, 0.4) is 0 Å². The van der Waals surface area contributed by atoms with Gasteiger partial charge in [0.1, 0.15) is 11.6 Å². The molecule has 226 valence electrons. The highest BCUT2D eigenvalue weighted by Crippen LogP contribution is 2.30. The normalized spacial score (nSPS) is 15.8. The molecule has 5 rings (SSSR count). The summed E-state index contributed by atoms with van der Waals surface area (Å²) in [6.45, 7) is 5.29. The number of nitrogens with zero attached hydrogens (tertiary/aromatic N) is 3. The van der Waals surface area contributed by atoms with Crippen molar-refractivity contribution in [3.63, 3.8) is 0 Å². The van der Waals surface area contributed by atoms with E-state index in [-0.39, 0.29) is 11.8 Å². The van der Waals surface area contributed by atoms with E-state index in [0.29, 0.717) is 62.5 Å². The van der Waals surface area contributed by atoms with Gasteiger partial charge in [0.15, 0.2) is 0 Å². The summed E-state index contributed by atoms with van der Waals surface area (Å²) >= 11 is 0. The van der Waals surface area contributed by atoms with Crippen LogP contribution in [0.25, 0.3) is 0 Å². The van der Waals surface area contributed by atoms with Gasteiger partial charge in [-0.2, -0.15) is 0 Å². The van der Waals surface area contributed by atoms with Crippen molar-refractivity contribution in [2.24, 2.45) is 0 Å². The second-order valence-corrected chi connectivity index (χ2v) is 10.8. The van der Waals surface area contributed by atoms with Gasteiger partial charge in [0.05, 0.1) is 24.9 Å². The Bertz CT molecular complexity index is 1420. The fourth-order valence-electron chi connectivity index (χ4n) is 5.51. The third kappa shape index (κ3) is 7.70. The minimum Gasteiger partial charge on any atom is -0.497 e. The summed E-state index contributed by atoms with van der Waals surface area (Å²) < 4.78 is 18.7. The Morgan fingerprint density at radius 2 is 1.56 bits per heavy atom. The zero-order chi connectivity index (χ0) is 30.2. The van der Waals surface area contributed by atoms with Crippen LogP contribution in [0.1, 0.15) is 39.1 Å². The van der Waals surface area contributed by atoms with E-state index < -0.39 is 11.7 Å². The van der Waals surface area contributed by atoms with Crippen molar-refractivity contribution in [2.45, 2.75) is 19.3 Å². The maximum Gasteiger partial charge on any atom is 0.255 e. The van der Waals surface area contributed by atoms with E-state index in [4.69, 9.17) is 4.74 Å². The summed E-state index contributed by atoms with van der Waals surface area (Å²) in [5.41, 5.74) is 3.01. The van der Waals surface area contributed by atoms with Crippen molar-refractivity contribution in [1.82, 2.24) is 15.1 Å². The molecule has 0 spiro atoms. The topological polar surface area (TPSA) is 94.2 Å². The molecule has 0 radical (unpaired) electrons. The molecule has 0 bridgehead atoms. The van der Waals surface area contributed by atoms with Crippen molar-refractivity contribution in [3.05, 3.63) is 89.2 Å². The van der Waals surface area contributed by atoms with Gasteiger partial charge in [0.2, 0.25) is 5.91 Å². The van der Waals surface area contributed by atoms with Crippen LogP contribution in [0.4, 0.5) is 15.8 Å². The molecule has 10 heteroatoms. The van der Waals surface area contributed by atoms with Gasteiger partial charge in [-0.15, -0.1) is 0 Å². The van der Waals surface area contributed by atoms with Crippen molar-refractivity contribution >= 4 is 29.1 Å². The lowest BCUT2D eigenvalue weighted by molar-refractivity contribution is -0.130. The van der Waals surface area contributed by atoms with Crippen LogP contribution in [-0.2, 0) is 11.2 Å². The molecule has 2 fully saturated rings. The number of nitrogens with one attached hydrogen (secondary N) is 2. The van der Waals surface area contributed by atoms with E-state index in [1.54, 1.807) is 19.2 Å². The number of benzene rings is 3. The monoisotopic (exact) mass is 587 g/mol. The Morgan fingerprint density at radius 1 is 0.814 bits per heavy atom. The quantitative estimate of drug-likeness (QED) is 0.437. The smallest absolute Gasteiger partial charge is 0.255 e. The molecule has 3 amide bonds. The van der Waals surface area contributed by atoms with Crippen LogP contribution in [0.5, 0.6) is 5.75 Å². The molecule has 2 aliphatic heterocycles. The van der Waals surface area contributed by atoms with Gasteiger partial charge in [-0.3, -0.25) is 14.4 Å². The van der Waals surface area contributed by atoms with Crippen LogP contribution in [0.15, 0.2) is 66.7 Å². The minimum atomic E-state index is -0.424. The Morgan fingerprint density at radius 3 is 2.33 bits per heavy atom. The predicted molar refractivity (Wildman–Crippen MR) is 164 cm³/mol. The number of carbonyl (C=O) groups is 3. The first kappa shape index (κ1) is 30.0. The molecule has 0 atom stereocenters. The van der Waals surface area contributed by atoms with Crippen molar-refractivity contribution in [1.29, 1.82) is 0 Å². The van der Waals surface area contributed by atoms with E-state index >= 15 is 0 Å². The summed E-state index contributed by atoms with van der Waals surface area (Å²) in [6, 6.07) is 18.3. The van der Waals surface area contributed by atoms with Gasteiger partial charge in [-0.25, -0.2) is 4.39 Å². The Kier molecular flexibility index (Phi) is 9.88. The molecular weight excluding hydrogens is 549 g/mol. The van der Waals surface area contributed by atoms with E-state index in [2.05, 4.69) is 15.5 Å². The van der Waals surface area contributed by atoms with Gasteiger partial charge < -0.3 is 30.1 Å². The number of amides is 3. The van der Waals surface area contributed by atoms with Gasteiger partial charge in [-0.05, 0) is 79.5 Å². The highest BCUT2D eigenvalue weighted by Gasteiger charge is 2.24. The molecule has 3 aromatic rings. The van der Waals surface area contributed by atoms with Crippen LogP contribution in [0.2, 0.25) is 0 Å². The molecule has 0 aromatic heterocycles. The molecule has 2 aliphatic rings. The Balaban J connectivity index is 1.34. The molecule has 2 N–H and O–H groups in total. The first-order chi connectivity index (χ1) is 20.9. The lowest BCUT2D eigenvalue weighted by Gasteiger charge is -2.27. The maximum absolute atomic E-state index is 13.5. The highest BCUT2D eigenvalue weighted by atomic mass is 19.1. The summed E-state index contributed by atoms with van der Waals surface area (Å²) in [4.78, 5) is 45.6. The second kappa shape index (κ2) is 14.2. The molecule has 3 aromatic carbocycles. The largest absolute Gasteiger partial charge is 0.497 e. The maximum atomic E-state index is 13.5. The van der Waals surface area contributed by atoms with Crippen LogP contribution < -0.4 is 20.3 Å². The summed E-state index contributed by atoms with van der Waals surface area (Å²) in [6.07, 6.45) is 1.94. The minimum absolute atomic E-state index is 0.0599. The second-order valence-electron chi connectivity index (χ2n) is 10.8. The third-order valence-electron chi connectivity index (χ3n) is 7.93. The zero-order valence-electron chi connectivity index (χ0n) is 24.5. The van der Waals surface area contributed by atoms with Gasteiger partial charge >= 0.3 is 0 Å². The van der Waals surface area contributed by atoms with Crippen molar-refractivity contribution < 1.29 is 23.5 Å². The number of hydrogen-bond donors (Lipinski definition) is 2. The number of halogens is 1. The first-order valence-electron chi connectivity index (χ1n) is 14.8. The first-order valence-corrected chi connectivity index (χ1v) is 14.8. The lowest BCUT2D eigenvalue weighted by atomic mass is 10.1. The SMILES string of the molecule is COc1ccc(CC(=O)N2CCCN(c3ccc(C(=O)N4CCCNCC4)cc3NC(=O)c3ccc(F)cc3)CC2)cc1. The standard InChI is InChI=1S/C33H38FN5O4/c1-43-28-11-4-24(5-12-28)22-31(40)38-18-3-17-37(20-21-38)30-13-8-26(33(42)39-16-2-14-35-15-19-39)23-29(30)36-32(41)25-6-9-27(34)10-7-25/h4-13,23,35H,2-3,14-22H2,1H3,(H,36,41). The molecule has 2 saturated heterocycles. The van der Waals surface area contributed by atoms with E-state index in [1.165, 1.54) is 24.3 Å². The Hall–Kier alpha value is -4.44. The number of rotatable bonds is 7. The molecule has 0 unspecified atom stereocenters. The van der Waals surface area contributed by atoms with Crippen molar-refractivity contribution in [3.8, 4) is 5.75 Å². The molecule has 0 aliphatic carbocycles. The summed E-state index contributed by atoms with van der Waals surface area (Å²) in [5, 5.41) is 6.29. The van der Waals surface area contributed by atoms with E-state index in [1.807, 2.05) is 40.1 Å². The molecule has 9 nitrogen and oxygen atoms in total. The van der Waals surface area contributed by atoms with E-state index in [0.717, 1.165) is 42.9 Å². The number of methoxy groups -OCH3 is 1. The predicted octanol–water partition coefficient (Wildman–Crippen LogP) is 3.80. The lowest BCUT2D eigenvalue weighted by Crippen LogP contribution is -2.36. The molecule has 43 heavy (non-hydrogen) atoms. The molecule has 2 heterocycles. The fourth-order valence-corrected chi connectivity index (χ4v) is 5.51. The number of ether oxygens (including phenoxy) is 1. The van der Waals surface area contributed by atoms with E-state index in [9.17, 15) is 18.8 Å². The van der Waals surface area contributed by atoms with Crippen LogP contribution >= 0.6 is 0 Å². The average Bonchev–Trinajstić information content (AvgIpc) is 3.45. The zero-order valence-corrected chi connectivity index (χ0v) is 24.5. The van der Waals surface area contributed by atoms with Gasteiger partial charge in [0.25, 0.3) is 11.8 Å². The molecular formula is C33H38FN5O4. The van der Waals surface area contributed by atoms with Gasteiger partial charge in [0, 0.05) is 56.9 Å². The number of carbonyl (C=O) groups excluding carboxylic acids is 3. The average molecular weight is 588 g/mol.